The minimum atomic E-state index is -0.105. The van der Waals surface area contributed by atoms with Gasteiger partial charge in [-0.3, -0.25) is 4.79 Å². The van der Waals surface area contributed by atoms with E-state index >= 15 is 0 Å². The third-order valence-corrected chi connectivity index (χ3v) is 4.83. The molecule has 6 heteroatoms. The monoisotopic (exact) mass is 358 g/mol. The quantitative estimate of drug-likeness (QED) is 0.881. The van der Waals surface area contributed by atoms with E-state index in [1.807, 2.05) is 25.1 Å². The summed E-state index contributed by atoms with van der Waals surface area (Å²) in [5, 5.41) is 4.05. The number of hydrogen-bond donors (Lipinski definition) is 1. The van der Waals surface area contributed by atoms with Crippen molar-refractivity contribution in [2.45, 2.75) is 20.3 Å². The Balaban J connectivity index is 2.20. The SMILES string of the molecule is CC(=O)Nc1nc(C)c(Cc2ccc(Br)c(Cl)c2)s1. The van der Waals surface area contributed by atoms with E-state index in [9.17, 15) is 4.79 Å². The topological polar surface area (TPSA) is 42.0 Å². The van der Waals surface area contributed by atoms with Crippen molar-refractivity contribution in [3.63, 3.8) is 0 Å². The van der Waals surface area contributed by atoms with Gasteiger partial charge in [-0.05, 0) is 40.5 Å². The Morgan fingerprint density at radius 1 is 1.53 bits per heavy atom. The van der Waals surface area contributed by atoms with Gasteiger partial charge in [0.05, 0.1) is 10.7 Å². The van der Waals surface area contributed by atoms with Crippen molar-refractivity contribution in [2.75, 3.05) is 5.32 Å². The molecule has 0 bridgehead atoms. The average Bonchev–Trinajstić information content (AvgIpc) is 2.63. The molecule has 1 aromatic heterocycles. The molecule has 0 unspecified atom stereocenters. The highest BCUT2D eigenvalue weighted by molar-refractivity contribution is 9.10. The summed E-state index contributed by atoms with van der Waals surface area (Å²) in [4.78, 5) is 16.5. The summed E-state index contributed by atoms with van der Waals surface area (Å²) in [6, 6.07) is 5.89. The number of amides is 1. The maximum atomic E-state index is 11.0. The highest BCUT2D eigenvalue weighted by Gasteiger charge is 2.10. The Morgan fingerprint density at radius 3 is 2.89 bits per heavy atom. The second kappa shape index (κ2) is 6.03. The molecule has 100 valence electrons. The summed E-state index contributed by atoms with van der Waals surface area (Å²) in [5.74, 6) is -0.105. The molecular formula is C13H12BrClN2OS. The number of nitrogens with zero attached hydrogens (tertiary/aromatic N) is 1. The van der Waals surface area contributed by atoms with Crippen molar-refractivity contribution in [2.24, 2.45) is 0 Å². The van der Waals surface area contributed by atoms with Crippen molar-refractivity contribution >= 4 is 49.9 Å². The Kier molecular flexibility index (Phi) is 4.60. The molecule has 3 nitrogen and oxygen atoms in total. The molecule has 0 aliphatic rings. The van der Waals surface area contributed by atoms with E-state index in [-0.39, 0.29) is 5.91 Å². The molecule has 0 aliphatic heterocycles. The first-order chi connectivity index (χ1) is 8.95. The zero-order valence-corrected chi connectivity index (χ0v) is 13.6. The van der Waals surface area contributed by atoms with E-state index < -0.39 is 0 Å². The molecule has 0 fully saturated rings. The zero-order chi connectivity index (χ0) is 14.0. The molecular weight excluding hydrogens is 348 g/mol. The number of carbonyl (C=O) groups excluding carboxylic acids is 1. The van der Waals surface area contributed by atoms with Gasteiger partial charge in [-0.2, -0.15) is 0 Å². The largest absolute Gasteiger partial charge is 0.302 e. The molecule has 0 spiro atoms. The summed E-state index contributed by atoms with van der Waals surface area (Å²) >= 11 is 10.9. The Morgan fingerprint density at radius 2 is 2.26 bits per heavy atom. The number of aromatic nitrogens is 1. The molecule has 2 aromatic rings. The van der Waals surface area contributed by atoms with Crippen molar-refractivity contribution in [3.05, 3.63) is 43.8 Å². The van der Waals surface area contributed by atoms with E-state index in [4.69, 9.17) is 11.6 Å². The van der Waals surface area contributed by atoms with Gasteiger partial charge in [-0.1, -0.05) is 17.7 Å². The second-order valence-corrected chi connectivity index (χ2v) is 6.48. The Bertz CT molecular complexity index is 627. The van der Waals surface area contributed by atoms with Crippen LogP contribution in [0, 0.1) is 6.92 Å². The molecule has 1 aromatic carbocycles. The van der Waals surface area contributed by atoms with Crippen molar-refractivity contribution in [1.29, 1.82) is 0 Å². The summed E-state index contributed by atoms with van der Waals surface area (Å²) in [7, 11) is 0. The lowest BCUT2D eigenvalue weighted by molar-refractivity contribution is -0.114. The van der Waals surface area contributed by atoms with Crippen LogP contribution in [0.1, 0.15) is 23.1 Å². The molecule has 0 radical (unpaired) electrons. The van der Waals surface area contributed by atoms with Gasteiger partial charge in [-0.15, -0.1) is 11.3 Å². The number of anilines is 1. The fraction of sp³-hybridized carbons (Fsp3) is 0.231. The fourth-order valence-corrected chi connectivity index (χ4v) is 3.12. The van der Waals surface area contributed by atoms with Crippen LogP contribution in [0.5, 0.6) is 0 Å². The molecule has 0 saturated carbocycles. The summed E-state index contributed by atoms with van der Waals surface area (Å²) in [5.41, 5.74) is 2.06. The number of thiazole rings is 1. The first kappa shape index (κ1) is 14.5. The first-order valence-corrected chi connectivity index (χ1v) is 7.62. The van der Waals surface area contributed by atoms with Crippen LogP contribution < -0.4 is 5.32 Å². The van der Waals surface area contributed by atoms with Crippen LogP contribution in [0.4, 0.5) is 5.13 Å². The highest BCUT2D eigenvalue weighted by atomic mass is 79.9. The Hall–Kier alpha value is -0.910. The van der Waals surface area contributed by atoms with Crippen molar-refractivity contribution < 1.29 is 4.79 Å². The van der Waals surface area contributed by atoms with Gasteiger partial charge in [0, 0.05) is 22.7 Å². The lowest BCUT2D eigenvalue weighted by Gasteiger charge is -2.02. The zero-order valence-electron chi connectivity index (χ0n) is 10.5. The van der Waals surface area contributed by atoms with Gasteiger partial charge >= 0.3 is 0 Å². The van der Waals surface area contributed by atoms with Crippen LogP contribution in [-0.4, -0.2) is 10.9 Å². The molecule has 0 aliphatic carbocycles. The van der Waals surface area contributed by atoms with Crippen LogP contribution in [-0.2, 0) is 11.2 Å². The average molecular weight is 360 g/mol. The van der Waals surface area contributed by atoms with Gasteiger partial charge in [0.2, 0.25) is 5.91 Å². The van der Waals surface area contributed by atoms with Gasteiger partial charge < -0.3 is 5.32 Å². The van der Waals surface area contributed by atoms with Crippen LogP contribution in [0.2, 0.25) is 5.02 Å². The van der Waals surface area contributed by atoms with Crippen LogP contribution in [0.3, 0.4) is 0 Å². The van der Waals surface area contributed by atoms with Crippen LogP contribution in [0.25, 0.3) is 0 Å². The fourth-order valence-electron chi connectivity index (χ4n) is 1.63. The van der Waals surface area contributed by atoms with Crippen molar-refractivity contribution in [1.82, 2.24) is 4.98 Å². The molecule has 1 heterocycles. The minimum Gasteiger partial charge on any atom is -0.302 e. The number of benzene rings is 1. The summed E-state index contributed by atoms with van der Waals surface area (Å²) < 4.78 is 0.887. The molecule has 2 rings (SSSR count). The normalized spacial score (nSPS) is 10.5. The second-order valence-electron chi connectivity index (χ2n) is 4.13. The molecule has 19 heavy (non-hydrogen) atoms. The smallest absolute Gasteiger partial charge is 0.223 e. The molecule has 0 saturated heterocycles. The minimum absolute atomic E-state index is 0.105. The van der Waals surface area contributed by atoms with E-state index in [0.29, 0.717) is 10.2 Å². The number of hydrogen-bond acceptors (Lipinski definition) is 3. The first-order valence-electron chi connectivity index (χ1n) is 5.63. The van der Waals surface area contributed by atoms with Gasteiger partial charge in [0.15, 0.2) is 5.13 Å². The van der Waals surface area contributed by atoms with Crippen LogP contribution in [0.15, 0.2) is 22.7 Å². The number of nitrogens with one attached hydrogen (secondary N) is 1. The maximum Gasteiger partial charge on any atom is 0.223 e. The van der Waals surface area contributed by atoms with Crippen LogP contribution >= 0.6 is 38.9 Å². The standard InChI is InChI=1S/C13H12BrClN2OS/c1-7-12(19-13(16-7)17-8(2)18)6-9-3-4-10(14)11(15)5-9/h3-5H,6H2,1-2H3,(H,16,17,18). The van der Waals surface area contributed by atoms with E-state index in [1.54, 1.807) is 0 Å². The third-order valence-electron chi connectivity index (χ3n) is 2.52. The van der Waals surface area contributed by atoms with E-state index in [2.05, 4.69) is 26.2 Å². The lowest BCUT2D eigenvalue weighted by atomic mass is 10.1. The Labute approximate surface area is 129 Å². The lowest BCUT2D eigenvalue weighted by Crippen LogP contribution is -2.04. The molecule has 1 amide bonds. The number of aryl methyl sites for hydroxylation is 1. The van der Waals surface area contributed by atoms with Gasteiger partial charge in [0.1, 0.15) is 0 Å². The predicted molar refractivity (Wildman–Crippen MR) is 83.1 cm³/mol. The maximum absolute atomic E-state index is 11.0. The van der Waals surface area contributed by atoms with E-state index in [1.165, 1.54) is 18.3 Å². The summed E-state index contributed by atoms with van der Waals surface area (Å²) in [6.45, 7) is 3.42. The molecule has 1 N–H and O–H groups in total. The highest BCUT2D eigenvalue weighted by Crippen LogP contribution is 2.28. The third kappa shape index (κ3) is 3.78. The number of halogens is 2. The van der Waals surface area contributed by atoms with E-state index in [0.717, 1.165) is 27.0 Å². The molecule has 0 atom stereocenters. The summed E-state index contributed by atoms with van der Waals surface area (Å²) in [6.07, 6.45) is 0.760. The van der Waals surface area contributed by atoms with Crippen molar-refractivity contribution in [3.8, 4) is 0 Å². The number of carbonyl (C=O) groups is 1. The predicted octanol–water partition coefficient (Wildman–Crippen LogP) is 4.42. The number of rotatable bonds is 3. The van der Waals surface area contributed by atoms with Gasteiger partial charge in [0.25, 0.3) is 0 Å². The van der Waals surface area contributed by atoms with Gasteiger partial charge in [-0.25, -0.2) is 4.98 Å².